The minimum atomic E-state index is -0.188. The van der Waals surface area contributed by atoms with Gasteiger partial charge in [-0.2, -0.15) is 0 Å². The molecule has 0 aliphatic rings. The second kappa shape index (κ2) is 5.43. The van der Waals surface area contributed by atoms with E-state index in [2.05, 4.69) is 37.5 Å². The Morgan fingerprint density at radius 3 is 2.26 bits per heavy atom. The van der Waals surface area contributed by atoms with E-state index in [0.29, 0.717) is 0 Å². The molecule has 1 atom stereocenters. The van der Waals surface area contributed by atoms with Gasteiger partial charge in [-0.1, -0.05) is 26.0 Å². The van der Waals surface area contributed by atoms with E-state index >= 15 is 0 Å². The van der Waals surface area contributed by atoms with Gasteiger partial charge in [-0.05, 0) is 48.7 Å². The van der Waals surface area contributed by atoms with Gasteiger partial charge >= 0.3 is 0 Å². The largest absolute Gasteiger partial charge is 0.312 e. The number of benzene rings is 1. The maximum atomic E-state index is 13.1. The average Bonchev–Trinajstić information content (AvgIpc) is 2.77. The zero-order valence-electron chi connectivity index (χ0n) is 11.8. The topological polar surface area (TPSA) is 12.0 Å². The van der Waals surface area contributed by atoms with Gasteiger partial charge in [-0.3, -0.25) is 0 Å². The summed E-state index contributed by atoms with van der Waals surface area (Å²) < 4.78 is 13.1. The van der Waals surface area contributed by atoms with Crippen LogP contribution in [0.25, 0.3) is 0 Å². The molecule has 0 aliphatic carbocycles. The SMILES string of the molecule is CNC(c1ccsc1C)C(C)(C)c1ccc(F)cc1. The third kappa shape index (κ3) is 2.72. The molecule has 0 radical (unpaired) electrons. The average molecular weight is 277 g/mol. The lowest BCUT2D eigenvalue weighted by Gasteiger charge is -2.35. The van der Waals surface area contributed by atoms with Crippen molar-refractivity contribution in [3.8, 4) is 0 Å². The Bertz CT molecular complexity index is 542. The van der Waals surface area contributed by atoms with Crippen molar-refractivity contribution in [3.05, 3.63) is 57.5 Å². The third-order valence-electron chi connectivity index (χ3n) is 3.81. The van der Waals surface area contributed by atoms with Gasteiger partial charge in [0.05, 0.1) is 0 Å². The van der Waals surface area contributed by atoms with Crippen LogP contribution in [0.3, 0.4) is 0 Å². The lowest BCUT2D eigenvalue weighted by Crippen LogP contribution is -2.35. The van der Waals surface area contributed by atoms with Gasteiger partial charge in [0.2, 0.25) is 0 Å². The lowest BCUT2D eigenvalue weighted by molar-refractivity contribution is 0.368. The van der Waals surface area contributed by atoms with Crippen LogP contribution in [0.15, 0.2) is 35.7 Å². The Kier molecular flexibility index (Phi) is 4.07. The molecule has 1 aromatic carbocycles. The molecule has 0 saturated heterocycles. The first-order chi connectivity index (χ1) is 8.96. The van der Waals surface area contributed by atoms with Crippen molar-refractivity contribution >= 4 is 11.3 Å². The van der Waals surface area contributed by atoms with E-state index in [-0.39, 0.29) is 17.3 Å². The lowest BCUT2D eigenvalue weighted by atomic mass is 9.75. The van der Waals surface area contributed by atoms with Gasteiger partial charge in [0.25, 0.3) is 0 Å². The monoisotopic (exact) mass is 277 g/mol. The molecule has 2 rings (SSSR count). The molecule has 0 fully saturated rings. The quantitative estimate of drug-likeness (QED) is 0.871. The van der Waals surface area contributed by atoms with E-state index in [0.717, 1.165) is 5.56 Å². The fourth-order valence-corrected chi connectivity index (χ4v) is 3.39. The molecule has 1 nitrogen and oxygen atoms in total. The van der Waals surface area contributed by atoms with Crippen molar-refractivity contribution in [2.45, 2.75) is 32.2 Å². The molecule has 3 heteroatoms. The van der Waals surface area contributed by atoms with Crippen LogP contribution in [0.1, 0.15) is 35.9 Å². The number of likely N-dealkylation sites (N-methyl/N-ethyl adjacent to an activating group) is 1. The number of halogens is 1. The first-order valence-corrected chi connectivity index (χ1v) is 7.32. The number of aryl methyl sites for hydroxylation is 1. The van der Waals surface area contributed by atoms with Crippen molar-refractivity contribution in [1.29, 1.82) is 0 Å². The van der Waals surface area contributed by atoms with E-state index in [4.69, 9.17) is 0 Å². The molecule has 19 heavy (non-hydrogen) atoms. The zero-order valence-corrected chi connectivity index (χ0v) is 12.6. The molecule has 1 heterocycles. The Hall–Kier alpha value is -1.19. The van der Waals surface area contributed by atoms with Gasteiger partial charge in [0.1, 0.15) is 5.82 Å². The summed E-state index contributed by atoms with van der Waals surface area (Å²) >= 11 is 1.76. The Morgan fingerprint density at radius 1 is 1.16 bits per heavy atom. The predicted octanol–water partition coefficient (Wildman–Crippen LogP) is 4.43. The smallest absolute Gasteiger partial charge is 0.123 e. The van der Waals surface area contributed by atoms with Crippen molar-refractivity contribution in [2.24, 2.45) is 0 Å². The Morgan fingerprint density at radius 2 is 1.79 bits per heavy atom. The first kappa shape index (κ1) is 14.2. The van der Waals surface area contributed by atoms with Crippen LogP contribution in [0, 0.1) is 12.7 Å². The van der Waals surface area contributed by atoms with E-state index in [1.807, 2.05) is 19.2 Å². The van der Waals surface area contributed by atoms with E-state index in [1.165, 1.54) is 22.6 Å². The van der Waals surface area contributed by atoms with Crippen LogP contribution in [-0.4, -0.2) is 7.05 Å². The molecule has 1 N–H and O–H groups in total. The van der Waals surface area contributed by atoms with Gasteiger partial charge in [-0.15, -0.1) is 11.3 Å². The molecule has 0 bridgehead atoms. The first-order valence-electron chi connectivity index (χ1n) is 6.44. The normalized spacial score (nSPS) is 13.5. The highest BCUT2D eigenvalue weighted by atomic mass is 32.1. The van der Waals surface area contributed by atoms with Crippen molar-refractivity contribution in [1.82, 2.24) is 5.32 Å². The molecule has 1 aromatic heterocycles. The van der Waals surface area contributed by atoms with E-state index in [9.17, 15) is 4.39 Å². The van der Waals surface area contributed by atoms with Gasteiger partial charge in [-0.25, -0.2) is 4.39 Å². The standard InChI is InChI=1S/C16H20FNS/c1-11-14(9-10-19-11)15(18-4)16(2,3)12-5-7-13(17)8-6-12/h5-10,15,18H,1-4H3. The number of thiophene rings is 1. The van der Waals surface area contributed by atoms with E-state index < -0.39 is 0 Å². The van der Waals surface area contributed by atoms with Gasteiger partial charge in [0.15, 0.2) is 0 Å². The minimum Gasteiger partial charge on any atom is -0.312 e. The van der Waals surface area contributed by atoms with Crippen LogP contribution < -0.4 is 5.32 Å². The predicted molar refractivity (Wildman–Crippen MR) is 80.3 cm³/mol. The zero-order chi connectivity index (χ0) is 14.0. The Labute approximate surface area is 118 Å². The molecule has 2 aromatic rings. The highest BCUT2D eigenvalue weighted by Crippen LogP contribution is 2.39. The minimum absolute atomic E-state index is 0.103. The summed E-state index contributed by atoms with van der Waals surface area (Å²) in [5, 5.41) is 5.53. The molecule has 1 unspecified atom stereocenters. The fourth-order valence-electron chi connectivity index (χ4n) is 2.65. The molecule has 0 spiro atoms. The summed E-state index contributed by atoms with van der Waals surface area (Å²) in [6.07, 6.45) is 0. The van der Waals surface area contributed by atoms with Crippen LogP contribution in [0.4, 0.5) is 4.39 Å². The third-order valence-corrected chi connectivity index (χ3v) is 4.67. The number of hydrogen-bond donors (Lipinski definition) is 1. The van der Waals surface area contributed by atoms with Crippen LogP contribution >= 0.6 is 11.3 Å². The summed E-state index contributed by atoms with van der Waals surface area (Å²) in [4.78, 5) is 1.33. The number of rotatable bonds is 4. The maximum Gasteiger partial charge on any atom is 0.123 e. The van der Waals surface area contributed by atoms with Gasteiger partial charge < -0.3 is 5.32 Å². The van der Waals surface area contributed by atoms with Crippen LogP contribution in [0.5, 0.6) is 0 Å². The summed E-state index contributed by atoms with van der Waals surface area (Å²) in [7, 11) is 1.98. The fraction of sp³-hybridized carbons (Fsp3) is 0.375. The molecule has 0 amide bonds. The summed E-state index contributed by atoms with van der Waals surface area (Å²) in [5.74, 6) is -0.188. The molecular formula is C16H20FNS. The van der Waals surface area contributed by atoms with Crippen LogP contribution in [0.2, 0.25) is 0 Å². The summed E-state index contributed by atoms with van der Waals surface area (Å²) in [6, 6.07) is 9.20. The number of nitrogens with one attached hydrogen (secondary N) is 1. The summed E-state index contributed by atoms with van der Waals surface area (Å²) in [6.45, 7) is 6.53. The Balaban J connectivity index is 2.41. The highest BCUT2D eigenvalue weighted by molar-refractivity contribution is 7.10. The maximum absolute atomic E-state index is 13.1. The van der Waals surface area contributed by atoms with Crippen molar-refractivity contribution < 1.29 is 4.39 Å². The van der Waals surface area contributed by atoms with Crippen LogP contribution in [-0.2, 0) is 5.41 Å². The van der Waals surface area contributed by atoms with Crippen molar-refractivity contribution in [2.75, 3.05) is 7.05 Å². The summed E-state index contributed by atoms with van der Waals surface area (Å²) in [5.41, 5.74) is 2.36. The van der Waals surface area contributed by atoms with Gasteiger partial charge in [0, 0.05) is 16.3 Å². The molecule has 102 valence electrons. The molecular weight excluding hydrogens is 257 g/mol. The second-order valence-electron chi connectivity index (χ2n) is 5.38. The molecule has 0 saturated carbocycles. The van der Waals surface area contributed by atoms with E-state index in [1.54, 1.807) is 11.3 Å². The molecule has 0 aliphatic heterocycles. The van der Waals surface area contributed by atoms with Crippen molar-refractivity contribution in [3.63, 3.8) is 0 Å². The number of hydrogen-bond acceptors (Lipinski definition) is 2. The second-order valence-corrected chi connectivity index (χ2v) is 6.50. The highest BCUT2D eigenvalue weighted by Gasteiger charge is 2.32.